The number of hydrogen-bond acceptors (Lipinski definition) is 4. The number of benzene rings is 3. The standard InChI is InChI=1S/C33H35FN2O5/c1-21(2)31-30(33(41)35-25-11-7-4-8-12-25)29(22-9-5-3-6-10-22)32(23-13-15-24(34)16-14-23)36(31)18-17-26(37)19-27(38)20-28(39)40/h3-16,21,26-27,37-38H,17-20H2,1-2H3,(H,35,41)(H,39,40)/t26-,27-/m0/s1/i1D3,2D3,3D,4D,5D,6D,7D,8D,9D,10D,11D,12D,13D,14D,15D,16D,21D,26D,27D. The number of nitrogens with zero attached hydrogens (tertiary/aromatic N) is 1. The van der Waals surface area contributed by atoms with Gasteiger partial charge in [-0.25, -0.2) is 4.39 Å². The van der Waals surface area contributed by atoms with Gasteiger partial charge in [0.15, 0.2) is 0 Å². The summed E-state index contributed by atoms with van der Waals surface area (Å²) in [5.74, 6) is -9.87. The Morgan fingerprint density at radius 3 is 2.20 bits per heavy atom. The van der Waals surface area contributed by atoms with Crippen LogP contribution in [0.3, 0.4) is 0 Å². The van der Waals surface area contributed by atoms with Crippen molar-refractivity contribution < 1.29 is 60.8 Å². The minimum Gasteiger partial charge on any atom is -0.481 e. The molecule has 0 radical (unpaired) electrons. The molecule has 4 rings (SSSR count). The van der Waals surface area contributed by atoms with E-state index in [0.29, 0.717) is 0 Å². The SMILES string of the molecule is [2H]c1c([2H])c([2H])c(NC(=O)c2c(-c3c([2H])c([2H])c([2H])c([2H])c3[2H])c(-c3c([2H])c([2H])c(F)c([2H])c3[2H])n(CC[C@]([2H])(O)C[C@]([2H])(O)CC(=O)O)c2C([2H])(C([2H])([2H])[2H])C([2H])([2H])[2H])c([2H])c1[2H]. The Morgan fingerprint density at radius 2 is 1.59 bits per heavy atom. The van der Waals surface area contributed by atoms with Crippen molar-refractivity contribution in [2.24, 2.45) is 0 Å². The first-order chi connectivity index (χ1) is 28.9. The predicted molar refractivity (Wildman–Crippen MR) is 157 cm³/mol. The molecular formula is C33H35FN2O5. The molecule has 7 nitrogen and oxygen atoms in total. The highest BCUT2D eigenvalue weighted by Crippen LogP contribution is 2.42. The number of carboxylic acid groups (broad SMARTS) is 1. The number of para-hydroxylation sites is 1. The van der Waals surface area contributed by atoms with Crippen molar-refractivity contribution in [2.75, 3.05) is 5.32 Å². The van der Waals surface area contributed by atoms with Crippen molar-refractivity contribution in [1.29, 1.82) is 0 Å². The Labute approximate surface area is 271 Å². The largest absolute Gasteiger partial charge is 0.481 e. The van der Waals surface area contributed by atoms with E-state index >= 15 is 9.18 Å². The number of aliphatic hydroxyl groups is 2. The van der Waals surface area contributed by atoms with Crippen molar-refractivity contribution in [3.8, 4) is 22.4 Å². The minimum absolute atomic E-state index is 0.223. The number of carboxylic acids is 1. The molecule has 0 spiro atoms. The van der Waals surface area contributed by atoms with Gasteiger partial charge in [-0.2, -0.15) is 0 Å². The predicted octanol–water partition coefficient (Wildman–Crippen LogP) is 6.31. The summed E-state index contributed by atoms with van der Waals surface area (Å²) in [6, 6.07) is -17.5. The average Bonchev–Trinajstić information content (AvgIpc) is 3.49. The van der Waals surface area contributed by atoms with E-state index in [4.69, 9.17) is 30.2 Å². The monoisotopic (exact) mass is 581 g/mol. The van der Waals surface area contributed by atoms with Gasteiger partial charge in [-0.05, 0) is 66.1 Å². The number of aliphatic carboxylic acids is 1. The average molecular weight is 582 g/mol. The highest BCUT2D eigenvalue weighted by Gasteiger charge is 2.31. The van der Waals surface area contributed by atoms with Gasteiger partial charge in [0.2, 0.25) is 0 Å². The molecule has 0 saturated heterocycles. The number of hydrogen-bond donors (Lipinski definition) is 4. The van der Waals surface area contributed by atoms with Crippen LogP contribution in [0.25, 0.3) is 22.4 Å². The molecule has 1 heterocycles. The van der Waals surface area contributed by atoms with Gasteiger partial charge in [0.25, 0.3) is 5.91 Å². The lowest BCUT2D eigenvalue weighted by Gasteiger charge is -2.20. The van der Waals surface area contributed by atoms with Crippen LogP contribution in [0.1, 0.15) is 86.4 Å². The summed E-state index contributed by atoms with van der Waals surface area (Å²) in [7, 11) is 0. The number of nitrogens with one attached hydrogen (secondary N) is 1. The Balaban J connectivity index is 2.50. The lowest BCUT2D eigenvalue weighted by molar-refractivity contribution is -0.139. The van der Waals surface area contributed by atoms with Crippen molar-refractivity contribution in [1.82, 2.24) is 4.57 Å². The highest BCUT2D eigenvalue weighted by molar-refractivity contribution is 6.12. The van der Waals surface area contributed by atoms with Crippen LogP contribution >= 0.6 is 0 Å². The Hall–Kier alpha value is -4.27. The van der Waals surface area contributed by atoms with Gasteiger partial charge < -0.3 is 25.2 Å². The van der Waals surface area contributed by atoms with E-state index in [0.717, 1.165) is 0 Å². The number of carbonyl (C=O) groups excluding carboxylic acids is 1. The fourth-order valence-corrected chi connectivity index (χ4v) is 3.91. The van der Waals surface area contributed by atoms with Gasteiger partial charge in [-0.3, -0.25) is 9.59 Å². The van der Waals surface area contributed by atoms with Gasteiger partial charge in [0.05, 0.1) is 51.8 Å². The lowest BCUT2D eigenvalue weighted by atomic mass is 9.94. The van der Waals surface area contributed by atoms with Gasteiger partial charge in [0.1, 0.15) is 5.82 Å². The van der Waals surface area contributed by atoms with Crippen LogP contribution in [-0.4, -0.2) is 43.9 Å². The first-order valence-electron chi connectivity index (χ1n) is 23.0. The molecule has 214 valence electrons. The first-order valence-corrected chi connectivity index (χ1v) is 11.5. The number of rotatable bonds is 12. The minimum atomic E-state index is -4.27. The van der Waals surface area contributed by atoms with Gasteiger partial charge in [-0.1, -0.05) is 62.0 Å². The fourth-order valence-electron chi connectivity index (χ4n) is 3.91. The van der Waals surface area contributed by atoms with Crippen molar-refractivity contribution in [2.45, 2.75) is 57.6 Å². The van der Waals surface area contributed by atoms with E-state index in [1.165, 1.54) is 0 Å². The van der Waals surface area contributed by atoms with Crippen LogP contribution in [0.4, 0.5) is 10.1 Å². The smallest absolute Gasteiger partial charge is 0.305 e. The van der Waals surface area contributed by atoms with Crippen LogP contribution < -0.4 is 5.32 Å². The first kappa shape index (κ1) is 11.9. The summed E-state index contributed by atoms with van der Waals surface area (Å²) in [5, 5.41) is 32.7. The van der Waals surface area contributed by atoms with E-state index in [2.05, 4.69) is 0 Å². The maximum Gasteiger partial charge on any atom is 0.305 e. The third-order valence-electron chi connectivity index (χ3n) is 5.43. The van der Waals surface area contributed by atoms with E-state index in [-0.39, 0.29) is 4.57 Å². The summed E-state index contributed by atoms with van der Waals surface area (Å²) >= 11 is 0. The Bertz CT molecular complexity index is 2500. The molecule has 8 heteroatoms. The molecule has 0 fully saturated rings. The molecule has 0 saturated carbocycles. The molecule has 2 atom stereocenters. The van der Waals surface area contributed by atoms with Crippen LogP contribution in [0.5, 0.6) is 0 Å². The summed E-state index contributed by atoms with van der Waals surface area (Å²) < 4.78 is 210. The number of anilines is 1. The van der Waals surface area contributed by atoms with Crippen LogP contribution in [0.2, 0.25) is 0 Å². The van der Waals surface area contributed by atoms with Crippen molar-refractivity contribution >= 4 is 17.6 Å². The molecule has 41 heavy (non-hydrogen) atoms. The van der Waals surface area contributed by atoms with Crippen molar-refractivity contribution in [3.05, 3.63) is 102 Å². The van der Waals surface area contributed by atoms with Crippen molar-refractivity contribution in [3.63, 3.8) is 0 Å². The maximum atomic E-state index is 15.2. The van der Waals surface area contributed by atoms with Crippen LogP contribution in [-0.2, 0) is 11.3 Å². The summed E-state index contributed by atoms with van der Waals surface area (Å²) in [6.45, 7) is -9.83. The Morgan fingerprint density at radius 1 is 0.951 bits per heavy atom. The van der Waals surface area contributed by atoms with E-state index in [1.807, 2.05) is 5.32 Å². The molecule has 4 N–H and O–H groups in total. The second kappa shape index (κ2) is 13.4. The van der Waals surface area contributed by atoms with Gasteiger partial charge in [0, 0.05) is 33.1 Å². The zero-order chi connectivity index (χ0) is 49.5. The van der Waals surface area contributed by atoms with Gasteiger partial charge in [-0.15, -0.1) is 0 Å². The zero-order valence-corrected chi connectivity index (χ0v) is 20.8. The number of aromatic nitrogens is 1. The van der Waals surface area contributed by atoms with Crippen LogP contribution in [0, 0.1) is 5.82 Å². The summed E-state index contributed by atoms with van der Waals surface area (Å²) in [5.41, 5.74) is -9.40. The summed E-state index contributed by atoms with van der Waals surface area (Å²) in [6.07, 6.45) is -10.6. The lowest BCUT2D eigenvalue weighted by Crippen LogP contribution is -2.22. The summed E-state index contributed by atoms with van der Waals surface area (Å²) in [4.78, 5) is 26.4. The van der Waals surface area contributed by atoms with E-state index < -0.39 is 199 Å². The third-order valence-corrected chi connectivity index (χ3v) is 5.43. The topological polar surface area (TPSA) is 112 Å². The normalized spacial score (nSPS) is 23.1. The third kappa shape index (κ3) is 7.28. The molecule has 1 amide bonds. The molecule has 3 aromatic carbocycles. The van der Waals surface area contributed by atoms with Gasteiger partial charge >= 0.3 is 5.97 Å². The quantitative estimate of drug-likeness (QED) is 0.157. The number of carbonyl (C=O) groups is 2. The molecular weight excluding hydrogens is 523 g/mol. The molecule has 0 aliphatic rings. The molecule has 0 aliphatic heterocycles. The van der Waals surface area contributed by atoms with E-state index in [1.54, 1.807) is 0 Å². The number of amides is 1. The molecule has 4 aromatic rings. The second-order valence-corrected chi connectivity index (χ2v) is 8.25. The zero-order valence-electron chi connectivity index (χ0n) is 43.8. The number of halogens is 1. The molecule has 0 aliphatic carbocycles. The van der Waals surface area contributed by atoms with E-state index in [9.17, 15) is 21.5 Å². The van der Waals surface area contributed by atoms with Crippen LogP contribution in [0.15, 0.2) is 84.6 Å². The Kier molecular flexibility index (Phi) is 3.89. The highest BCUT2D eigenvalue weighted by atomic mass is 19.1. The molecule has 0 unspecified atom stereocenters. The maximum absolute atomic E-state index is 15.2. The molecule has 0 bridgehead atoms. The second-order valence-electron chi connectivity index (χ2n) is 8.25. The fraction of sp³-hybridized carbons (Fsp3) is 0.273. The molecule has 1 aromatic heterocycles.